The van der Waals surface area contributed by atoms with Crippen LogP contribution in [0.15, 0.2) is 41.0 Å². The second-order valence-corrected chi connectivity index (χ2v) is 6.00. The summed E-state index contributed by atoms with van der Waals surface area (Å²) in [5, 5.41) is 2.92. The first kappa shape index (κ1) is 16.5. The van der Waals surface area contributed by atoms with Crippen molar-refractivity contribution in [3.63, 3.8) is 0 Å². The highest BCUT2D eigenvalue weighted by Gasteiger charge is 2.26. The van der Waals surface area contributed by atoms with Crippen LogP contribution in [0.4, 0.5) is 9.18 Å². The fraction of sp³-hybridized carbons (Fsp3) is 0.389. The van der Waals surface area contributed by atoms with Gasteiger partial charge in [-0.3, -0.25) is 0 Å². The molecule has 0 bridgehead atoms. The van der Waals surface area contributed by atoms with Crippen LogP contribution in [0.3, 0.4) is 0 Å². The van der Waals surface area contributed by atoms with Crippen molar-refractivity contribution in [2.24, 2.45) is 0 Å². The molecule has 1 N–H and O–H groups in total. The molecule has 1 aliphatic heterocycles. The first-order valence-corrected chi connectivity index (χ1v) is 8.01. The zero-order chi connectivity index (χ0) is 17.1. The van der Waals surface area contributed by atoms with Gasteiger partial charge in [-0.2, -0.15) is 0 Å². The van der Waals surface area contributed by atoms with Gasteiger partial charge in [0.05, 0.1) is 25.5 Å². The van der Waals surface area contributed by atoms with Crippen LogP contribution in [0.25, 0.3) is 0 Å². The molecule has 0 saturated carbocycles. The average molecular weight is 332 g/mol. The van der Waals surface area contributed by atoms with Gasteiger partial charge >= 0.3 is 6.03 Å². The minimum Gasteiger partial charge on any atom is -0.467 e. The van der Waals surface area contributed by atoms with E-state index in [-0.39, 0.29) is 24.0 Å². The molecule has 0 unspecified atom stereocenters. The molecule has 3 rings (SSSR count). The van der Waals surface area contributed by atoms with Gasteiger partial charge in [0, 0.05) is 6.54 Å². The Morgan fingerprint density at radius 1 is 1.42 bits per heavy atom. The normalized spacial score (nSPS) is 19.1. The lowest BCUT2D eigenvalue weighted by Crippen LogP contribution is -2.47. The number of hydrogen-bond acceptors (Lipinski definition) is 3. The van der Waals surface area contributed by atoms with Gasteiger partial charge < -0.3 is 19.4 Å². The fourth-order valence-electron chi connectivity index (χ4n) is 2.79. The molecule has 24 heavy (non-hydrogen) atoms. The Kier molecular flexibility index (Phi) is 4.85. The van der Waals surface area contributed by atoms with Crippen LogP contribution in [-0.2, 0) is 4.74 Å². The van der Waals surface area contributed by atoms with Crippen LogP contribution in [0, 0.1) is 12.7 Å². The number of benzene rings is 1. The summed E-state index contributed by atoms with van der Waals surface area (Å²) in [6.07, 6.45) is 1.34. The lowest BCUT2D eigenvalue weighted by Gasteiger charge is -2.34. The lowest BCUT2D eigenvalue weighted by molar-refractivity contribution is -0.0158. The molecule has 2 heterocycles. The maximum absolute atomic E-state index is 13.4. The number of carbonyl (C=O) groups excluding carboxylic acids is 1. The third-order valence-electron chi connectivity index (χ3n) is 4.22. The number of urea groups is 1. The number of halogens is 1. The van der Waals surface area contributed by atoms with E-state index in [1.54, 1.807) is 36.3 Å². The quantitative estimate of drug-likeness (QED) is 0.935. The van der Waals surface area contributed by atoms with E-state index in [4.69, 9.17) is 9.15 Å². The van der Waals surface area contributed by atoms with Crippen molar-refractivity contribution in [1.29, 1.82) is 0 Å². The maximum atomic E-state index is 13.4. The van der Waals surface area contributed by atoms with Crippen LogP contribution < -0.4 is 5.32 Å². The highest BCUT2D eigenvalue weighted by molar-refractivity contribution is 5.74. The van der Waals surface area contributed by atoms with Crippen LogP contribution in [0.5, 0.6) is 0 Å². The summed E-state index contributed by atoms with van der Waals surface area (Å²) in [7, 11) is 0. The molecule has 1 saturated heterocycles. The Bertz CT molecular complexity index is 702. The predicted octanol–water partition coefficient (Wildman–Crippen LogP) is 3.57. The lowest BCUT2D eigenvalue weighted by atomic mass is 10.0. The smallest absolute Gasteiger partial charge is 0.318 e. The van der Waals surface area contributed by atoms with E-state index in [0.717, 1.165) is 5.56 Å². The summed E-state index contributed by atoms with van der Waals surface area (Å²) >= 11 is 0. The molecule has 1 aromatic carbocycles. The van der Waals surface area contributed by atoms with Gasteiger partial charge in [0.1, 0.15) is 17.7 Å². The molecule has 0 aliphatic carbocycles. The van der Waals surface area contributed by atoms with Crippen LogP contribution >= 0.6 is 0 Å². The average Bonchev–Trinajstić information content (AvgIpc) is 3.12. The summed E-state index contributed by atoms with van der Waals surface area (Å²) in [5.74, 6) is 0.471. The third kappa shape index (κ3) is 3.59. The highest BCUT2D eigenvalue weighted by Crippen LogP contribution is 2.24. The molecule has 2 atom stereocenters. The van der Waals surface area contributed by atoms with E-state index in [0.29, 0.717) is 31.0 Å². The third-order valence-corrected chi connectivity index (χ3v) is 4.22. The minimum absolute atomic E-state index is 0.161. The Morgan fingerprint density at radius 3 is 2.96 bits per heavy atom. The van der Waals surface area contributed by atoms with Crippen LogP contribution in [0.2, 0.25) is 0 Å². The first-order valence-electron chi connectivity index (χ1n) is 8.01. The van der Waals surface area contributed by atoms with Gasteiger partial charge in [0.2, 0.25) is 0 Å². The number of amides is 2. The Balaban J connectivity index is 1.64. The van der Waals surface area contributed by atoms with Crippen molar-refractivity contribution in [1.82, 2.24) is 10.2 Å². The molecule has 1 aromatic heterocycles. The van der Waals surface area contributed by atoms with E-state index in [1.165, 1.54) is 6.07 Å². The number of furan rings is 1. The minimum atomic E-state index is -0.247. The zero-order valence-corrected chi connectivity index (χ0v) is 13.8. The van der Waals surface area contributed by atoms with Crippen molar-refractivity contribution in [3.05, 3.63) is 59.3 Å². The second kappa shape index (κ2) is 7.05. The molecule has 2 amide bonds. The van der Waals surface area contributed by atoms with Gasteiger partial charge in [0.25, 0.3) is 0 Å². The SMILES string of the molecule is Cc1cc([C@@H]2CN(C(=O)N[C@H](C)c3ccco3)CCO2)ccc1F. The molecule has 0 radical (unpaired) electrons. The number of hydrogen-bond donors (Lipinski definition) is 1. The summed E-state index contributed by atoms with van der Waals surface area (Å²) < 4.78 is 24.5. The van der Waals surface area contributed by atoms with Gasteiger partial charge in [-0.15, -0.1) is 0 Å². The summed E-state index contributed by atoms with van der Waals surface area (Å²) in [6, 6.07) is 8.17. The van der Waals surface area contributed by atoms with E-state index < -0.39 is 0 Å². The first-order chi connectivity index (χ1) is 11.5. The molecular formula is C18H21FN2O3. The molecule has 6 heteroatoms. The topological polar surface area (TPSA) is 54.7 Å². The van der Waals surface area contributed by atoms with Crippen LogP contribution in [-0.4, -0.2) is 30.6 Å². The van der Waals surface area contributed by atoms with Gasteiger partial charge in [-0.05, 0) is 43.2 Å². The van der Waals surface area contributed by atoms with E-state index in [1.807, 2.05) is 13.0 Å². The molecule has 0 spiro atoms. The van der Waals surface area contributed by atoms with Crippen molar-refractivity contribution < 1.29 is 18.3 Å². The molecule has 1 fully saturated rings. The zero-order valence-electron chi connectivity index (χ0n) is 13.8. The molecule has 2 aromatic rings. The number of nitrogens with zero attached hydrogens (tertiary/aromatic N) is 1. The summed E-state index contributed by atoms with van der Waals surface area (Å²) in [4.78, 5) is 14.2. The Morgan fingerprint density at radius 2 is 2.25 bits per heavy atom. The molecule has 5 nitrogen and oxygen atoms in total. The largest absolute Gasteiger partial charge is 0.467 e. The molecule has 1 aliphatic rings. The number of rotatable bonds is 3. The van der Waals surface area contributed by atoms with Gasteiger partial charge in [-0.1, -0.05) is 12.1 Å². The van der Waals surface area contributed by atoms with Gasteiger partial charge in [-0.25, -0.2) is 9.18 Å². The maximum Gasteiger partial charge on any atom is 0.318 e. The highest BCUT2D eigenvalue weighted by atomic mass is 19.1. The predicted molar refractivity (Wildman–Crippen MR) is 87.1 cm³/mol. The summed E-state index contributed by atoms with van der Waals surface area (Å²) in [6.45, 7) is 4.99. The number of carbonyl (C=O) groups is 1. The van der Waals surface area contributed by atoms with E-state index in [9.17, 15) is 9.18 Å². The molecular weight excluding hydrogens is 311 g/mol. The van der Waals surface area contributed by atoms with Crippen molar-refractivity contribution in [2.75, 3.05) is 19.7 Å². The van der Waals surface area contributed by atoms with E-state index >= 15 is 0 Å². The summed E-state index contributed by atoms with van der Waals surface area (Å²) in [5.41, 5.74) is 1.45. The van der Waals surface area contributed by atoms with Crippen molar-refractivity contribution >= 4 is 6.03 Å². The van der Waals surface area contributed by atoms with E-state index in [2.05, 4.69) is 5.32 Å². The Labute approximate surface area is 140 Å². The number of aryl methyl sites for hydroxylation is 1. The van der Waals surface area contributed by atoms with Crippen molar-refractivity contribution in [2.45, 2.75) is 26.0 Å². The van der Waals surface area contributed by atoms with Crippen molar-refractivity contribution in [3.8, 4) is 0 Å². The number of nitrogens with one attached hydrogen (secondary N) is 1. The molecule has 128 valence electrons. The van der Waals surface area contributed by atoms with Crippen LogP contribution in [0.1, 0.15) is 36.0 Å². The number of ether oxygens (including phenoxy) is 1. The second-order valence-electron chi connectivity index (χ2n) is 6.00. The fourth-order valence-corrected chi connectivity index (χ4v) is 2.79. The standard InChI is InChI=1S/C18H21FN2O3/c1-12-10-14(5-6-15(12)19)17-11-21(7-9-24-17)18(22)20-13(2)16-4-3-8-23-16/h3-6,8,10,13,17H,7,9,11H2,1-2H3,(H,20,22)/t13-,17+/m1/s1. The monoisotopic (exact) mass is 332 g/mol. The number of morpholine rings is 1. The van der Waals surface area contributed by atoms with Gasteiger partial charge in [0.15, 0.2) is 0 Å². The Hall–Kier alpha value is -2.34.